The van der Waals surface area contributed by atoms with E-state index in [1.807, 2.05) is 0 Å². The zero-order chi connectivity index (χ0) is 15.8. The molecular formula is C20H23ClN2O. The van der Waals surface area contributed by atoms with Crippen molar-refractivity contribution in [2.24, 2.45) is 5.92 Å². The number of carbonyl (C=O) groups excluding carboxylic acids is 1. The van der Waals surface area contributed by atoms with Gasteiger partial charge in [0.1, 0.15) is 18.9 Å². The van der Waals surface area contributed by atoms with Gasteiger partial charge in [-0.25, -0.2) is 0 Å². The molecule has 1 spiro atoms. The van der Waals surface area contributed by atoms with E-state index in [9.17, 15) is 4.79 Å². The minimum Gasteiger partial charge on any atom is -1.00 e. The van der Waals surface area contributed by atoms with E-state index in [1.165, 1.54) is 29.1 Å². The molecule has 2 fully saturated rings. The quantitative estimate of drug-likeness (QED) is 0.442. The smallest absolute Gasteiger partial charge is 0.148 e. The van der Waals surface area contributed by atoms with Gasteiger partial charge in [0.2, 0.25) is 0 Å². The molecule has 1 aromatic rings. The van der Waals surface area contributed by atoms with Gasteiger partial charge in [-0.05, 0) is 24.1 Å². The Labute approximate surface area is 149 Å². The highest BCUT2D eigenvalue weighted by atomic mass is 35.5. The first-order valence-corrected chi connectivity index (χ1v) is 8.70. The second-order valence-corrected chi connectivity index (χ2v) is 7.87. The van der Waals surface area contributed by atoms with Crippen LogP contribution in [0.4, 0.5) is 5.69 Å². The third kappa shape index (κ3) is 1.60. The minimum atomic E-state index is 0. The molecule has 24 heavy (non-hydrogen) atoms. The number of allylic oxidation sites excluding steroid dienone is 2. The highest BCUT2D eigenvalue weighted by Gasteiger charge is 2.67. The van der Waals surface area contributed by atoms with Crippen molar-refractivity contribution in [2.75, 3.05) is 25.5 Å². The number of hydrogen-bond acceptors (Lipinski definition) is 2. The van der Waals surface area contributed by atoms with Crippen molar-refractivity contribution >= 4 is 12.0 Å². The van der Waals surface area contributed by atoms with E-state index in [4.69, 9.17) is 0 Å². The summed E-state index contributed by atoms with van der Waals surface area (Å²) < 4.78 is 1.13. The van der Waals surface area contributed by atoms with Crippen LogP contribution in [0.5, 0.6) is 0 Å². The number of para-hydroxylation sites is 1. The van der Waals surface area contributed by atoms with Crippen LogP contribution in [-0.2, 0) is 10.2 Å². The summed E-state index contributed by atoms with van der Waals surface area (Å²) in [4.78, 5) is 12.0. The first-order valence-electron chi connectivity index (χ1n) is 8.70. The molecule has 1 aromatic carbocycles. The van der Waals surface area contributed by atoms with Crippen LogP contribution in [0, 0.1) is 5.92 Å². The van der Waals surface area contributed by atoms with Gasteiger partial charge in [-0.2, -0.15) is 0 Å². The van der Waals surface area contributed by atoms with Crippen molar-refractivity contribution < 1.29 is 21.7 Å². The Kier molecular flexibility index (Phi) is 3.29. The van der Waals surface area contributed by atoms with E-state index >= 15 is 0 Å². The van der Waals surface area contributed by atoms with Gasteiger partial charge in [0, 0.05) is 35.7 Å². The van der Waals surface area contributed by atoms with Crippen LogP contribution < -0.4 is 17.7 Å². The molecule has 4 heteroatoms. The lowest BCUT2D eigenvalue weighted by molar-refractivity contribution is -0.923. The molecule has 2 bridgehead atoms. The number of rotatable bonds is 1. The lowest BCUT2D eigenvalue weighted by atomic mass is 9.61. The van der Waals surface area contributed by atoms with E-state index in [-0.39, 0.29) is 17.8 Å². The number of nitrogens with zero attached hydrogens (tertiary/aromatic N) is 1. The lowest BCUT2D eigenvalue weighted by Crippen LogP contribution is -3.00. The number of carbonyl (C=O) groups is 1. The fourth-order valence-electron chi connectivity index (χ4n) is 6.07. The van der Waals surface area contributed by atoms with Gasteiger partial charge in [0.15, 0.2) is 0 Å². The molecule has 1 aliphatic carbocycles. The number of aldehydes is 1. The number of nitrogens with one attached hydrogen (secondary N) is 1. The molecule has 0 radical (unpaired) electrons. The monoisotopic (exact) mass is 342 g/mol. The average molecular weight is 343 g/mol. The van der Waals surface area contributed by atoms with Crippen molar-refractivity contribution in [3.05, 3.63) is 52.7 Å². The molecule has 0 saturated carbocycles. The molecule has 5 rings (SSSR count). The van der Waals surface area contributed by atoms with E-state index in [1.54, 1.807) is 0 Å². The van der Waals surface area contributed by atoms with E-state index < -0.39 is 0 Å². The van der Waals surface area contributed by atoms with Crippen LogP contribution in [0.15, 0.2) is 47.2 Å². The third-order valence-corrected chi connectivity index (χ3v) is 7.06. The number of fused-ring (bicyclic) bond motifs is 2. The number of benzene rings is 1. The third-order valence-electron chi connectivity index (χ3n) is 7.06. The molecule has 3 nitrogen and oxygen atoms in total. The maximum Gasteiger partial charge on any atom is 0.148 e. The first kappa shape index (κ1) is 15.9. The van der Waals surface area contributed by atoms with Crippen LogP contribution in [0.1, 0.15) is 25.3 Å². The molecular weight excluding hydrogens is 320 g/mol. The van der Waals surface area contributed by atoms with Crippen molar-refractivity contribution in [2.45, 2.75) is 31.2 Å². The average Bonchev–Trinajstić information content (AvgIpc) is 3.08. The molecule has 4 atom stereocenters. The van der Waals surface area contributed by atoms with Gasteiger partial charge in [-0.3, -0.25) is 4.79 Å². The van der Waals surface area contributed by atoms with Crippen LogP contribution in [0.25, 0.3) is 0 Å². The summed E-state index contributed by atoms with van der Waals surface area (Å²) >= 11 is 0. The van der Waals surface area contributed by atoms with Crippen molar-refractivity contribution in [3.8, 4) is 0 Å². The molecule has 126 valence electrons. The Hall–Kier alpha value is -1.58. The molecule has 3 heterocycles. The maximum absolute atomic E-state index is 12.0. The largest absolute Gasteiger partial charge is 1.00 e. The number of quaternary nitrogens is 1. The number of likely N-dealkylation sites (N-methyl/N-ethyl adjacent to an activating group) is 1. The van der Waals surface area contributed by atoms with Gasteiger partial charge < -0.3 is 22.2 Å². The number of anilines is 1. The molecule has 3 aliphatic heterocycles. The van der Waals surface area contributed by atoms with Crippen LogP contribution in [-0.4, -0.2) is 36.9 Å². The number of piperidine rings is 1. The Morgan fingerprint density at radius 3 is 2.88 bits per heavy atom. The van der Waals surface area contributed by atoms with Crippen molar-refractivity contribution in [1.29, 1.82) is 0 Å². The maximum atomic E-state index is 12.0. The first-order chi connectivity index (χ1) is 11.1. The van der Waals surface area contributed by atoms with Crippen LogP contribution >= 0.6 is 0 Å². The zero-order valence-electron chi connectivity index (χ0n) is 14.2. The van der Waals surface area contributed by atoms with Crippen molar-refractivity contribution in [1.82, 2.24) is 0 Å². The van der Waals surface area contributed by atoms with Gasteiger partial charge in [-0.15, -0.1) is 0 Å². The molecule has 0 unspecified atom stereocenters. The fourth-order valence-corrected chi connectivity index (χ4v) is 6.07. The Balaban J connectivity index is 0.00000146. The predicted octanol–water partition coefficient (Wildman–Crippen LogP) is 0.00560. The summed E-state index contributed by atoms with van der Waals surface area (Å²) in [5.41, 5.74) is 6.35. The normalized spacial score (nSPS) is 39.8. The van der Waals surface area contributed by atoms with Gasteiger partial charge >= 0.3 is 0 Å². The summed E-state index contributed by atoms with van der Waals surface area (Å²) in [5, 5.41) is 3.66. The van der Waals surface area contributed by atoms with Gasteiger partial charge in [-0.1, -0.05) is 24.3 Å². The summed E-state index contributed by atoms with van der Waals surface area (Å²) in [6.45, 7) is 4.42. The Bertz CT molecular complexity index is 799. The summed E-state index contributed by atoms with van der Waals surface area (Å²) in [5.74, 6) is 0.316. The number of hydrogen-bond donors (Lipinski definition) is 1. The number of halogens is 1. The standard InChI is InChI=1S/C20H22N2O.ClH/c1-3-13-11-22(2)9-8-20-16-6-4-5-7-17(16)21-19(20)15(12-23)14(13)10-18(20)22;/h3-7,12,14,18H,8-11H2,1-2H3;1H/b13-3+;/t14-,18-,20+,22-;/m0./s1. The molecule has 0 amide bonds. The molecule has 2 saturated heterocycles. The van der Waals surface area contributed by atoms with E-state index in [0.717, 1.165) is 35.7 Å². The summed E-state index contributed by atoms with van der Waals surface area (Å²) in [6, 6.07) is 9.27. The molecule has 1 N–H and O–H groups in total. The van der Waals surface area contributed by atoms with Crippen LogP contribution in [0.2, 0.25) is 0 Å². The highest BCUT2D eigenvalue weighted by Crippen LogP contribution is 2.62. The topological polar surface area (TPSA) is 29.1 Å². The Morgan fingerprint density at radius 1 is 1.33 bits per heavy atom. The fraction of sp³-hybridized carbons (Fsp3) is 0.450. The summed E-state index contributed by atoms with van der Waals surface area (Å²) in [7, 11) is 2.42. The second kappa shape index (κ2) is 4.96. The second-order valence-electron chi connectivity index (χ2n) is 7.87. The zero-order valence-corrected chi connectivity index (χ0v) is 14.9. The van der Waals surface area contributed by atoms with E-state index in [0.29, 0.717) is 12.0 Å². The van der Waals surface area contributed by atoms with Crippen LogP contribution in [0.3, 0.4) is 0 Å². The summed E-state index contributed by atoms with van der Waals surface area (Å²) in [6.07, 6.45) is 5.65. The van der Waals surface area contributed by atoms with Gasteiger partial charge in [0.25, 0.3) is 0 Å². The van der Waals surface area contributed by atoms with E-state index in [2.05, 4.69) is 49.6 Å². The van der Waals surface area contributed by atoms with Crippen molar-refractivity contribution in [3.63, 3.8) is 0 Å². The lowest BCUT2D eigenvalue weighted by Gasteiger charge is -2.51. The SMILES string of the molecule is C/C=C1\C[N@+]2(C)CC[C@]34C(=C(C=O)[C@H]1C[C@@H]32)Nc1ccccc14.[Cl-]. The van der Waals surface area contributed by atoms with Gasteiger partial charge in [0.05, 0.1) is 19.0 Å². The predicted molar refractivity (Wildman–Crippen MR) is 91.0 cm³/mol. The Morgan fingerprint density at radius 2 is 2.12 bits per heavy atom. The highest BCUT2D eigenvalue weighted by molar-refractivity contribution is 5.84. The minimum absolute atomic E-state index is 0. The molecule has 4 aliphatic rings. The molecule has 0 aromatic heterocycles.